The molecular weight excluding hydrogens is 394 g/mol. The third-order valence-corrected chi connectivity index (χ3v) is 4.94. The van der Waals surface area contributed by atoms with Crippen molar-refractivity contribution in [3.63, 3.8) is 0 Å². The van der Waals surface area contributed by atoms with Gasteiger partial charge in [0.15, 0.2) is 5.82 Å². The van der Waals surface area contributed by atoms with Gasteiger partial charge in [0.1, 0.15) is 35.2 Å². The van der Waals surface area contributed by atoms with Crippen molar-refractivity contribution >= 4 is 28.4 Å². The molecule has 0 fully saturated rings. The minimum Gasteiger partial charge on any atom is -0.384 e. The Kier molecular flexibility index (Phi) is 4.51. The standard InChI is InChI=1S/C21H19N9O/c1-12-15(13(2)31-29-12)10-30-16-6-4-3-5-14(16)20(28-30)21-25-17(22)9-19(27-21)26-18-7-8-23-11-24-18/h3-9,11H,10H2,1-2H3,(H3,22,23,24,25,26,27). The van der Waals surface area contributed by atoms with Crippen molar-refractivity contribution in [3.8, 4) is 11.5 Å². The van der Waals surface area contributed by atoms with Crippen molar-refractivity contribution in [2.45, 2.75) is 20.4 Å². The fraction of sp³-hybridized carbons (Fsp3) is 0.143. The molecule has 10 nitrogen and oxygen atoms in total. The zero-order valence-corrected chi connectivity index (χ0v) is 16.9. The van der Waals surface area contributed by atoms with Crippen molar-refractivity contribution < 1.29 is 4.52 Å². The molecule has 0 saturated carbocycles. The molecule has 0 spiro atoms. The Hall–Kier alpha value is -4.34. The van der Waals surface area contributed by atoms with Crippen LogP contribution in [0.4, 0.5) is 17.5 Å². The lowest BCUT2D eigenvalue weighted by atomic mass is 10.2. The summed E-state index contributed by atoms with van der Waals surface area (Å²) in [7, 11) is 0. The van der Waals surface area contributed by atoms with Gasteiger partial charge in [-0.1, -0.05) is 23.4 Å². The fourth-order valence-corrected chi connectivity index (χ4v) is 3.42. The van der Waals surface area contributed by atoms with Crippen LogP contribution in [0, 0.1) is 13.8 Å². The molecule has 0 radical (unpaired) electrons. The first-order valence-electron chi connectivity index (χ1n) is 9.64. The first-order valence-corrected chi connectivity index (χ1v) is 9.64. The molecule has 10 heteroatoms. The summed E-state index contributed by atoms with van der Waals surface area (Å²) in [4.78, 5) is 17.1. The van der Waals surface area contributed by atoms with Crippen LogP contribution in [-0.4, -0.2) is 34.9 Å². The molecule has 0 aliphatic rings. The van der Waals surface area contributed by atoms with Gasteiger partial charge in [-0.15, -0.1) is 0 Å². The number of aromatic nitrogens is 7. The van der Waals surface area contributed by atoms with Gasteiger partial charge in [-0.3, -0.25) is 4.68 Å². The molecule has 0 atom stereocenters. The van der Waals surface area contributed by atoms with Crippen LogP contribution in [0.1, 0.15) is 17.0 Å². The predicted molar refractivity (Wildman–Crippen MR) is 116 cm³/mol. The van der Waals surface area contributed by atoms with Crippen molar-refractivity contribution in [2.24, 2.45) is 0 Å². The second kappa shape index (κ2) is 7.48. The van der Waals surface area contributed by atoms with Gasteiger partial charge in [0.2, 0.25) is 0 Å². The second-order valence-corrected chi connectivity index (χ2v) is 7.05. The minimum atomic E-state index is 0.325. The lowest BCUT2D eigenvalue weighted by molar-refractivity contribution is 0.392. The summed E-state index contributed by atoms with van der Waals surface area (Å²) < 4.78 is 7.21. The Morgan fingerprint density at radius 3 is 2.74 bits per heavy atom. The zero-order chi connectivity index (χ0) is 21.4. The van der Waals surface area contributed by atoms with E-state index in [1.165, 1.54) is 6.33 Å². The third-order valence-electron chi connectivity index (χ3n) is 4.94. The smallest absolute Gasteiger partial charge is 0.184 e. The highest BCUT2D eigenvalue weighted by Gasteiger charge is 2.18. The summed E-state index contributed by atoms with van der Waals surface area (Å²) in [5.74, 6) is 2.64. The number of nitrogens with one attached hydrogen (secondary N) is 1. The molecule has 5 rings (SSSR count). The monoisotopic (exact) mass is 413 g/mol. The molecule has 3 N–H and O–H groups in total. The molecule has 31 heavy (non-hydrogen) atoms. The minimum absolute atomic E-state index is 0.325. The van der Waals surface area contributed by atoms with Gasteiger partial charge in [0.25, 0.3) is 0 Å². The lowest BCUT2D eigenvalue weighted by Crippen LogP contribution is -2.05. The van der Waals surface area contributed by atoms with Gasteiger partial charge in [-0.05, 0) is 26.0 Å². The van der Waals surface area contributed by atoms with E-state index in [1.807, 2.05) is 42.8 Å². The molecule has 0 saturated heterocycles. The van der Waals surface area contributed by atoms with E-state index in [2.05, 4.69) is 30.4 Å². The number of nitrogens with zero attached hydrogens (tertiary/aromatic N) is 7. The fourth-order valence-electron chi connectivity index (χ4n) is 3.42. The number of hydrogen-bond acceptors (Lipinski definition) is 9. The Bertz CT molecular complexity index is 1360. The van der Waals surface area contributed by atoms with E-state index < -0.39 is 0 Å². The Morgan fingerprint density at radius 2 is 1.97 bits per heavy atom. The molecule has 0 bridgehead atoms. The predicted octanol–water partition coefficient (Wildman–Crippen LogP) is 3.26. The highest BCUT2D eigenvalue weighted by atomic mass is 16.5. The van der Waals surface area contributed by atoms with Crippen LogP contribution in [0.15, 0.2) is 53.4 Å². The molecule has 4 heterocycles. The molecule has 154 valence electrons. The van der Waals surface area contributed by atoms with Crippen LogP contribution >= 0.6 is 0 Å². The van der Waals surface area contributed by atoms with E-state index in [1.54, 1.807) is 18.3 Å². The van der Waals surface area contributed by atoms with Crippen LogP contribution in [-0.2, 0) is 6.54 Å². The third kappa shape index (κ3) is 3.54. The number of para-hydroxylation sites is 1. The molecule has 0 aliphatic carbocycles. The first-order chi connectivity index (χ1) is 15.1. The maximum absolute atomic E-state index is 6.07. The van der Waals surface area contributed by atoms with E-state index >= 15 is 0 Å². The van der Waals surface area contributed by atoms with E-state index in [4.69, 9.17) is 15.4 Å². The van der Waals surface area contributed by atoms with Gasteiger partial charge in [-0.25, -0.2) is 19.9 Å². The van der Waals surface area contributed by atoms with Crippen LogP contribution in [0.25, 0.3) is 22.4 Å². The quantitative estimate of drug-likeness (QED) is 0.445. The van der Waals surface area contributed by atoms with Crippen molar-refractivity contribution in [3.05, 3.63) is 65.9 Å². The molecular formula is C21H19N9O. The molecule has 5 aromatic rings. The molecule has 0 aliphatic heterocycles. The molecule has 1 aromatic carbocycles. The van der Waals surface area contributed by atoms with Gasteiger partial charge in [0, 0.05) is 23.2 Å². The number of fused-ring (bicyclic) bond motifs is 1. The summed E-state index contributed by atoms with van der Waals surface area (Å²) in [5, 5.41) is 12.9. The van der Waals surface area contributed by atoms with Gasteiger partial charge >= 0.3 is 0 Å². The average molecular weight is 413 g/mol. The highest BCUT2D eigenvalue weighted by Crippen LogP contribution is 2.28. The maximum atomic E-state index is 6.07. The zero-order valence-electron chi connectivity index (χ0n) is 16.9. The summed E-state index contributed by atoms with van der Waals surface area (Å²) in [6.45, 7) is 4.34. The van der Waals surface area contributed by atoms with Crippen molar-refractivity contribution in [1.82, 2.24) is 34.9 Å². The first kappa shape index (κ1) is 18.7. The average Bonchev–Trinajstić information content (AvgIpc) is 3.29. The number of hydrogen-bond donors (Lipinski definition) is 2. The van der Waals surface area contributed by atoms with Gasteiger partial charge in [-0.2, -0.15) is 5.10 Å². The van der Waals surface area contributed by atoms with Gasteiger partial charge < -0.3 is 15.6 Å². The molecule has 0 amide bonds. The summed E-state index contributed by atoms with van der Waals surface area (Å²) >= 11 is 0. The SMILES string of the molecule is Cc1noc(C)c1Cn1nc(-c2nc(N)cc(Nc3ccncn3)n2)c2ccccc21. The number of aryl methyl sites for hydroxylation is 2. The number of nitrogen functional groups attached to an aromatic ring is 1. The van der Waals surface area contributed by atoms with E-state index in [0.29, 0.717) is 35.5 Å². The Labute approximate surface area is 177 Å². The van der Waals surface area contributed by atoms with Crippen LogP contribution in [0.2, 0.25) is 0 Å². The maximum Gasteiger partial charge on any atom is 0.184 e. The number of rotatable bonds is 5. The lowest BCUT2D eigenvalue weighted by Gasteiger charge is -2.06. The molecule has 4 aromatic heterocycles. The number of nitrogens with two attached hydrogens (primary N) is 1. The van der Waals surface area contributed by atoms with E-state index in [0.717, 1.165) is 27.9 Å². The van der Waals surface area contributed by atoms with Crippen LogP contribution in [0.5, 0.6) is 0 Å². The largest absolute Gasteiger partial charge is 0.384 e. The Balaban J connectivity index is 1.59. The molecule has 0 unspecified atom stereocenters. The second-order valence-electron chi connectivity index (χ2n) is 7.05. The van der Waals surface area contributed by atoms with Crippen LogP contribution in [0.3, 0.4) is 0 Å². The van der Waals surface area contributed by atoms with Gasteiger partial charge in [0.05, 0.1) is 17.8 Å². The van der Waals surface area contributed by atoms with E-state index in [-0.39, 0.29) is 0 Å². The number of anilines is 3. The number of benzene rings is 1. The van der Waals surface area contributed by atoms with Crippen molar-refractivity contribution in [2.75, 3.05) is 11.1 Å². The summed E-state index contributed by atoms with van der Waals surface area (Å²) in [6.07, 6.45) is 3.10. The topological polar surface area (TPSA) is 133 Å². The normalized spacial score (nSPS) is 11.2. The Morgan fingerprint density at radius 1 is 1.10 bits per heavy atom. The highest BCUT2D eigenvalue weighted by molar-refractivity contribution is 5.92. The summed E-state index contributed by atoms with van der Waals surface area (Å²) in [6, 6.07) is 11.3. The van der Waals surface area contributed by atoms with Crippen LogP contribution < -0.4 is 11.1 Å². The van der Waals surface area contributed by atoms with E-state index in [9.17, 15) is 0 Å². The van der Waals surface area contributed by atoms with Crippen molar-refractivity contribution in [1.29, 1.82) is 0 Å². The summed E-state index contributed by atoms with van der Waals surface area (Å²) in [5.41, 5.74) is 9.51.